The summed E-state index contributed by atoms with van der Waals surface area (Å²) in [6.07, 6.45) is 1.33. The van der Waals surface area contributed by atoms with Gasteiger partial charge in [0.2, 0.25) is 0 Å². The van der Waals surface area contributed by atoms with Crippen LogP contribution >= 0.6 is 0 Å². The number of aliphatic carboxylic acids is 1. The summed E-state index contributed by atoms with van der Waals surface area (Å²) in [5.74, 6) is -0.0755. The summed E-state index contributed by atoms with van der Waals surface area (Å²) in [5, 5.41) is 9.63. The zero-order valence-corrected chi connectivity index (χ0v) is 14.2. The van der Waals surface area contributed by atoms with E-state index in [4.69, 9.17) is 9.47 Å². The Kier molecular flexibility index (Phi) is 4.52. The van der Waals surface area contributed by atoms with Crippen LogP contribution in [0.15, 0.2) is 12.1 Å². The second-order valence-electron chi connectivity index (χ2n) is 6.43. The number of benzene rings is 1. The van der Waals surface area contributed by atoms with Crippen LogP contribution in [-0.2, 0) is 20.5 Å². The van der Waals surface area contributed by atoms with E-state index in [-0.39, 0.29) is 0 Å². The summed E-state index contributed by atoms with van der Waals surface area (Å²) >= 11 is 0. The van der Waals surface area contributed by atoms with Crippen molar-refractivity contribution in [2.75, 3.05) is 13.2 Å². The van der Waals surface area contributed by atoms with Gasteiger partial charge in [-0.25, -0.2) is 0 Å². The molecular weight excluding hydrogens is 280 g/mol. The van der Waals surface area contributed by atoms with E-state index in [1.807, 2.05) is 46.8 Å². The van der Waals surface area contributed by atoms with Crippen molar-refractivity contribution in [3.63, 3.8) is 0 Å². The van der Waals surface area contributed by atoms with Crippen LogP contribution in [0.25, 0.3) is 0 Å². The van der Waals surface area contributed by atoms with Crippen LogP contribution in [0.3, 0.4) is 0 Å². The van der Waals surface area contributed by atoms with Gasteiger partial charge < -0.3 is 14.6 Å². The number of aryl methyl sites for hydroxylation is 1. The second kappa shape index (κ2) is 5.92. The lowest BCUT2D eigenvalue weighted by Crippen LogP contribution is -2.26. The predicted molar refractivity (Wildman–Crippen MR) is 85.5 cm³/mol. The van der Waals surface area contributed by atoms with Gasteiger partial charge in [0.05, 0.1) is 17.6 Å². The highest BCUT2D eigenvalue weighted by Gasteiger charge is 2.53. The van der Waals surface area contributed by atoms with Crippen LogP contribution in [0.1, 0.15) is 57.2 Å². The molecule has 4 heteroatoms. The van der Waals surface area contributed by atoms with Gasteiger partial charge >= 0.3 is 5.97 Å². The standard InChI is InChI=1S/C18H26O4/c1-6-21-15-10-12(3)13(17(4,5)22-7-2)11-14(15)18(8-9-18)16(19)20/h10-11H,6-9H2,1-5H3,(H,19,20). The van der Waals surface area contributed by atoms with Crippen LogP contribution < -0.4 is 4.74 Å². The van der Waals surface area contributed by atoms with Gasteiger partial charge in [0, 0.05) is 12.2 Å². The first kappa shape index (κ1) is 16.8. The zero-order chi connectivity index (χ0) is 16.5. The first-order valence-corrected chi connectivity index (χ1v) is 7.94. The molecule has 0 aliphatic heterocycles. The van der Waals surface area contributed by atoms with Crippen molar-refractivity contribution in [2.45, 2.75) is 58.5 Å². The molecular formula is C18H26O4. The summed E-state index contributed by atoms with van der Waals surface area (Å²) < 4.78 is 11.6. The predicted octanol–water partition coefficient (Wildman–Crippen LogP) is 3.78. The molecule has 0 spiro atoms. The molecule has 1 N–H and O–H groups in total. The van der Waals surface area contributed by atoms with Crippen molar-refractivity contribution in [2.24, 2.45) is 0 Å². The molecule has 22 heavy (non-hydrogen) atoms. The Balaban J connectivity index is 2.58. The van der Waals surface area contributed by atoms with Crippen molar-refractivity contribution in [3.8, 4) is 5.75 Å². The van der Waals surface area contributed by atoms with E-state index in [2.05, 4.69) is 0 Å². The first-order chi connectivity index (χ1) is 10.3. The number of hydrogen-bond acceptors (Lipinski definition) is 3. The average Bonchev–Trinajstić information content (AvgIpc) is 3.20. The highest BCUT2D eigenvalue weighted by Crippen LogP contribution is 2.52. The molecule has 0 unspecified atom stereocenters. The summed E-state index contributed by atoms with van der Waals surface area (Å²) in [5.41, 5.74) is 1.64. The number of hydrogen-bond donors (Lipinski definition) is 1. The molecule has 122 valence electrons. The fourth-order valence-electron chi connectivity index (χ4n) is 3.14. The largest absolute Gasteiger partial charge is 0.494 e. The van der Waals surface area contributed by atoms with Gasteiger partial charge in [-0.2, -0.15) is 0 Å². The zero-order valence-electron chi connectivity index (χ0n) is 14.2. The molecule has 1 aromatic carbocycles. The van der Waals surface area contributed by atoms with Gasteiger partial charge in [-0.1, -0.05) is 0 Å². The molecule has 0 amide bonds. The van der Waals surface area contributed by atoms with E-state index in [1.165, 1.54) is 0 Å². The number of carboxylic acid groups (broad SMARTS) is 1. The molecule has 0 saturated heterocycles. The highest BCUT2D eigenvalue weighted by atomic mass is 16.5. The molecule has 1 fully saturated rings. The minimum absolute atomic E-state index is 0.451. The molecule has 1 aliphatic carbocycles. The lowest BCUT2D eigenvalue weighted by atomic mass is 9.86. The van der Waals surface area contributed by atoms with E-state index in [9.17, 15) is 9.90 Å². The van der Waals surface area contributed by atoms with Crippen molar-refractivity contribution in [1.82, 2.24) is 0 Å². The van der Waals surface area contributed by atoms with Crippen LogP contribution in [-0.4, -0.2) is 24.3 Å². The van der Waals surface area contributed by atoms with Crippen LogP contribution in [0, 0.1) is 6.92 Å². The van der Waals surface area contributed by atoms with Gasteiger partial charge in [0.15, 0.2) is 0 Å². The first-order valence-electron chi connectivity index (χ1n) is 7.94. The second-order valence-corrected chi connectivity index (χ2v) is 6.43. The van der Waals surface area contributed by atoms with E-state index < -0.39 is 17.0 Å². The van der Waals surface area contributed by atoms with Gasteiger partial charge in [-0.15, -0.1) is 0 Å². The summed E-state index contributed by atoms with van der Waals surface area (Å²) in [6.45, 7) is 11.1. The minimum atomic E-state index is -0.782. The van der Waals surface area contributed by atoms with E-state index in [0.29, 0.717) is 31.8 Å². The molecule has 2 rings (SSSR count). The van der Waals surface area contributed by atoms with Crippen LogP contribution in [0.4, 0.5) is 0 Å². The van der Waals surface area contributed by atoms with E-state index >= 15 is 0 Å². The maximum Gasteiger partial charge on any atom is 0.314 e. The topological polar surface area (TPSA) is 55.8 Å². The van der Waals surface area contributed by atoms with Crippen molar-refractivity contribution in [1.29, 1.82) is 0 Å². The molecule has 1 aromatic rings. The monoisotopic (exact) mass is 306 g/mol. The Morgan fingerprint density at radius 3 is 2.36 bits per heavy atom. The Morgan fingerprint density at radius 2 is 1.91 bits per heavy atom. The lowest BCUT2D eigenvalue weighted by Gasteiger charge is -2.29. The normalized spacial score (nSPS) is 16.4. The van der Waals surface area contributed by atoms with Crippen molar-refractivity contribution >= 4 is 5.97 Å². The maximum absolute atomic E-state index is 11.7. The lowest BCUT2D eigenvalue weighted by molar-refractivity contribution is -0.140. The number of ether oxygens (including phenoxy) is 2. The smallest absolute Gasteiger partial charge is 0.314 e. The molecule has 0 atom stereocenters. The Labute approximate surface area is 132 Å². The summed E-state index contributed by atoms with van der Waals surface area (Å²) in [6, 6.07) is 3.94. The van der Waals surface area contributed by atoms with Crippen LogP contribution in [0.5, 0.6) is 5.75 Å². The quantitative estimate of drug-likeness (QED) is 0.833. The summed E-state index contributed by atoms with van der Waals surface area (Å²) in [7, 11) is 0. The summed E-state index contributed by atoms with van der Waals surface area (Å²) in [4.78, 5) is 11.7. The van der Waals surface area contributed by atoms with Gasteiger partial charge in [0.25, 0.3) is 0 Å². The van der Waals surface area contributed by atoms with Crippen molar-refractivity contribution in [3.05, 3.63) is 28.8 Å². The van der Waals surface area contributed by atoms with Crippen molar-refractivity contribution < 1.29 is 19.4 Å². The third kappa shape index (κ3) is 2.84. The van der Waals surface area contributed by atoms with Gasteiger partial charge in [-0.05, 0) is 70.7 Å². The fraction of sp³-hybridized carbons (Fsp3) is 0.611. The minimum Gasteiger partial charge on any atom is -0.494 e. The molecule has 1 saturated carbocycles. The number of rotatable bonds is 7. The molecule has 1 aliphatic rings. The van der Waals surface area contributed by atoms with Gasteiger partial charge in [0.1, 0.15) is 5.75 Å². The third-order valence-corrected chi connectivity index (χ3v) is 4.46. The fourth-order valence-corrected chi connectivity index (χ4v) is 3.14. The van der Waals surface area contributed by atoms with Crippen LogP contribution in [0.2, 0.25) is 0 Å². The van der Waals surface area contributed by atoms with E-state index in [0.717, 1.165) is 16.7 Å². The number of carboxylic acids is 1. The SMILES string of the molecule is CCOc1cc(C)c(C(C)(C)OCC)cc1C1(C(=O)O)CC1. The maximum atomic E-state index is 11.7. The van der Waals surface area contributed by atoms with Gasteiger partial charge in [-0.3, -0.25) is 4.79 Å². The highest BCUT2D eigenvalue weighted by molar-refractivity contribution is 5.86. The molecule has 0 heterocycles. The molecule has 4 nitrogen and oxygen atoms in total. The molecule has 0 radical (unpaired) electrons. The number of carbonyl (C=O) groups is 1. The Bertz CT molecular complexity index is 571. The Hall–Kier alpha value is -1.55. The third-order valence-electron chi connectivity index (χ3n) is 4.46. The molecule has 0 bridgehead atoms. The molecule has 0 aromatic heterocycles. The Morgan fingerprint density at radius 1 is 1.27 bits per heavy atom. The van der Waals surface area contributed by atoms with E-state index in [1.54, 1.807) is 0 Å². The average molecular weight is 306 g/mol.